The molecule has 0 atom stereocenters. The van der Waals surface area contributed by atoms with Gasteiger partial charge in [0.05, 0.1) is 3.79 Å². The first kappa shape index (κ1) is 13.9. The molecular formula is C13H19BrClNS. The fraction of sp³-hybridized carbons (Fsp3) is 0.692. The van der Waals surface area contributed by atoms with Crippen LogP contribution in [-0.4, -0.2) is 12.4 Å². The van der Waals surface area contributed by atoms with E-state index >= 15 is 0 Å². The lowest BCUT2D eigenvalue weighted by molar-refractivity contribution is 0.212. The first-order valence-electron chi connectivity index (χ1n) is 6.25. The van der Waals surface area contributed by atoms with Gasteiger partial charge in [-0.25, -0.2) is 0 Å². The van der Waals surface area contributed by atoms with E-state index in [1.54, 1.807) is 11.3 Å². The topological polar surface area (TPSA) is 12.0 Å². The van der Waals surface area contributed by atoms with Gasteiger partial charge < -0.3 is 5.32 Å². The van der Waals surface area contributed by atoms with Crippen LogP contribution in [0.1, 0.15) is 37.0 Å². The molecule has 0 radical (unpaired) electrons. The smallest absolute Gasteiger partial charge is 0.0701 e. The second-order valence-electron chi connectivity index (χ2n) is 5.00. The normalized spacial score (nSPS) is 19.4. The van der Waals surface area contributed by atoms with E-state index in [2.05, 4.69) is 33.4 Å². The van der Waals surface area contributed by atoms with Crippen molar-refractivity contribution in [1.82, 2.24) is 5.32 Å². The van der Waals surface area contributed by atoms with E-state index < -0.39 is 0 Å². The van der Waals surface area contributed by atoms with E-state index in [1.165, 1.54) is 40.8 Å². The first-order valence-corrected chi connectivity index (χ1v) is 8.39. The van der Waals surface area contributed by atoms with Crippen LogP contribution in [0.5, 0.6) is 0 Å². The van der Waals surface area contributed by atoms with Gasteiger partial charge in [-0.05, 0) is 46.3 Å². The Labute approximate surface area is 121 Å². The molecule has 0 saturated heterocycles. The second-order valence-corrected chi connectivity index (χ2v) is 7.82. The fourth-order valence-electron chi connectivity index (χ4n) is 2.56. The predicted molar refractivity (Wildman–Crippen MR) is 80.0 cm³/mol. The molecule has 0 amide bonds. The van der Waals surface area contributed by atoms with E-state index in [0.29, 0.717) is 5.41 Å². The average molecular weight is 337 g/mol. The molecule has 0 unspecified atom stereocenters. The molecule has 1 N–H and O–H groups in total. The number of rotatable bonds is 5. The van der Waals surface area contributed by atoms with Crippen molar-refractivity contribution in [2.75, 3.05) is 12.4 Å². The van der Waals surface area contributed by atoms with Gasteiger partial charge >= 0.3 is 0 Å². The lowest BCUT2D eigenvalue weighted by Gasteiger charge is -2.35. The summed E-state index contributed by atoms with van der Waals surface area (Å²) >= 11 is 11.5. The number of alkyl halides is 1. The zero-order valence-electron chi connectivity index (χ0n) is 9.98. The standard InChI is InChI=1S/C13H19BrClNS/c14-12-5-4-11(17-12)8-16-10-13(9-15)6-2-1-3-7-13/h4-5,16H,1-3,6-10H2. The van der Waals surface area contributed by atoms with Crippen LogP contribution < -0.4 is 5.32 Å². The predicted octanol–water partition coefficient (Wildman–Crippen LogP) is 4.79. The Hall–Kier alpha value is 0.430. The Balaban J connectivity index is 1.79. The van der Waals surface area contributed by atoms with E-state index in [-0.39, 0.29) is 0 Å². The molecule has 96 valence electrons. The zero-order chi connectivity index (χ0) is 12.1. The van der Waals surface area contributed by atoms with Crippen LogP contribution in [0.15, 0.2) is 15.9 Å². The molecular weight excluding hydrogens is 318 g/mol. The van der Waals surface area contributed by atoms with Crippen LogP contribution in [0, 0.1) is 5.41 Å². The molecule has 1 heterocycles. The molecule has 1 aromatic rings. The van der Waals surface area contributed by atoms with Crippen molar-refractivity contribution in [2.45, 2.75) is 38.6 Å². The SMILES string of the molecule is ClCC1(CNCc2ccc(Br)s2)CCCCC1. The van der Waals surface area contributed by atoms with Gasteiger partial charge in [0.2, 0.25) is 0 Å². The van der Waals surface area contributed by atoms with Gasteiger partial charge in [0.15, 0.2) is 0 Å². The molecule has 1 aliphatic carbocycles. The Bertz CT molecular complexity index is 347. The molecule has 17 heavy (non-hydrogen) atoms. The van der Waals surface area contributed by atoms with Crippen molar-refractivity contribution in [1.29, 1.82) is 0 Å². The molecule has 0 spiro atoms. The van der Waals surface area contributed by atoms with E-state index in [1.807, 2.05) is 0 Å². The van der Waals surface area contributed by atoms with Crippen molar-refractivity contribution >= 4 is 38.9 Å². The number of hydrogen-bond acceptors (Lipinski definition) is 2. The Morgan fingerprint density at radius 2 is 2.06 bits per heavy atom. The molecule has 1 saturated carbocycles. The number of hydrogen-bond donors (Lipinski definition) is 1. The Morgan fingerprint density at radius 3 is 2.65 bits per heavy atom. The van der Waals surface area contributed by atoms with Gasteiger partial charge in [0, 0.05) is 23.8 Å². The Kier molecular flexibility index (Phi) is 5.34. The van der Waals surface area contributed by atoms with Crippen molar-refractivity contribution in [3.8, 4) is 0 Å². The van der Waals surface area contributed by atoms with E-state index in [9.17, 15) is 0 Å². The molecule has 1 fully saturated rings. The highest BCUT2D eigenvalue weighted by Crippen LogP contribution is 2.36. The summed E-state index contributed by atoms with van der Waals surface area (Å²) in [5.41, 5.74) is 0.355. The zero-order valence-corrected chi connectivity index (χ0v) is 13.1. The monoisotopic (exact) mass is 335 g/mol. The summed E-state index contributed by atoms with van der Waals surface area (Å²) in [6.07, 6.45) is 6.66. The summed E-state index contributed by atoms with van der Waals surface area (Å²) in [4.78, 5) is 1.39. The summed E-state index contributed by atoms with van der Waals surface area (Å²) < 4.78 is 1.21. The summed E-state index contributed by atoms with van der Waals surface area (Å²) in [5.74, 6) is 0.800. The van der Waals surface area contributed by atoms with Crippen LogP contribution in [0.2, 0.25) is 0 Å². The molecule has 4 heteroatoms. The third kappa shape index (κ3) is 3.95. The van der Waals surface area contributed by atoms with Crippen LogP contribution in [0.3, 0.4) is 0 Å². The minimum Gasteiger partial charge on any atom is -0.311 e. The number of thiophene rings is 1. The van der Waals surface area contributed by atoms with Gasteiger partial charge in [-0.15, -0.1) is 22.9 Å². The highest BCUT2D eigenvalue weighted by Gasteiger charge is 2.30. The minimum atomic E-state index is 0.355. The van der Waals surface area contributed by atoms with Crippen LogP contribution >= 0.6 is 38.9 Å². The van der Waals surface area contributed by atoms with Crippen LogP contribution in [-0.2, 0) is 6.54 Å². The number of nitrogens with one attached hydrogen (secondary N) is 1. The quantitative estimate of drug-likeness (QED) is 0.762. The Morgan fingerprint density at radius 1 is 1.29 bits per heavy atom. The maximum absolute atomic E-state index is 6.18. The third-order valence-electron chi connectivity index (χ3n) is 3.63. The fourth-order valence-corrected chi connectivity index (χ4v) is 4.37. The minimum absolute atomic E-state index is 0.355. The second kappa shape index (κ2) is 6.55. The van der Waals surface area contributed by atoms with Crippen molar-refractivity contribution in [3.63, 3.8) is 0 Å². The van der Waals surface area contributed by atoms with Crippen LogP contribution in [0.25, 0.3) is 0 Å². The summed E-state index contributed by atoms with van der Waals surface area (Å²) in [6, 6.07) is 4.29. The molecule has 0 aliphatic heterocycles. The van der Waals surface area contributed by atoms with Gasteiger partial charge in [0.25, 0.3) is 0 Å². The number of halogens is 2. The van der Waals surface area contributed by atoms with Gasteiger partial charge in [-0.2, -0.15) is 0 Å². The largest absolute Gasteiger partial charge is 0.311 e. The molecule has 1 aromatic heterocycles. The molecule has 1 nitrogen and oxygen atoms in total. The summed E-state index contributed by atoms with van der Waals surface area (Å²) in [5, 5.41) is 3.58. The molecule has 0 bridgehead atoms. The van der Waals surface area contributed by atoms with Gasteiger partial charge in [-0.3, -0.25) is 0 Å². The molecule has 1 aliphatic rings. The molecule has 0 aromatic carbocycles. The van der Waals surface area contributed by atoms with Crippen molar-refractivity contribution in [2.24, 2.45) is 5.41 Å². The van der Waals surface area contributed by atoms with Gasteiger partial charge in [0.1, 0.15) is 0 Å². The third-order valence-corrected chi connectivity index (χ3v) is 5.82. The van der Waals surface area contributed by atoms with E-state index in [0.717, 1.165) is 19.0 Å². The highest BCUT2D eigenvalue weighted by molar-refractivity contribution is 9.11. The highest BCUT2D eigenvalue weighted by atomic mass is 79.9. The van der Waals surface area contributed by atoms with Crippen molar-refractivity contribution < 1.29 is 0 Å². The van der Waals surface area contributed by atoms with Gasteiger partial charge in [-0.1, -0.05) is 19.3 Å². The maximum Gasteiger partial charge on any atom is 0.0701 e. The molecule has 2 rings (SSSR count). The lowest BCUT2D eigenvalue weighted by atomic mass is 9.75. The van der Waals surface area contributed by atoms with Crippen LogP contribution in [0.4, 0.5) is 0 Å². The first-order chi connectivity index (χ1) is 8.24. The average Bonchev–Trinajstić information content (AvgIpc) is 2.76. The maximum atomic E-state index is 6.18. The van der Waals surface area contributed by atoms with Crippen molar-refractivity contribution in [3.05, 3.63) is 20.8 Å². The van der Waals surface area contributed by atoms with E-state index in [4.69, 9.17) is 11.6 Å². The lowest BCUT2D eigenvalue weighted by Crippen LogP contribution is -2.37. The summed E-state index contributed by atoms with van der Waals surface area (Å²) in [7, 11) is 0. The summed E-state index contributed by atoms with van der Waals surface area (Å²) in [6.45, 7) is 2.03.